The fourth-order valence-electron chi connectivity index (χ4n) is 4.23. The molecule has 2 aliphatic heterocycles. The summed E-state index contributed by atoms with van der Waals surface area (Å²) in [6.07, 6.45) is 1.01. The Kier molecular flexibility index (Phi) is 5.46. The van der Waals surface area contributed by atoms with Gasteiger partial charge in [-0.3, -0.25) is 15.3 Å². The zero-order valence-electron chi connectivity index (χ0n) is 17.6. The first-order valence-corrected chi connectivity index (χ1v) is 10.8. The van der Waals surface area contributed by atoms with Crippen LogP contribution in [0, 0.1) is 0 Å². The van der Waals surface area contributed by atoms with Crippen molar-refractivity contribution in [3.05, 3.63) is 120 Å². The van der Waals surface area contributed by atoms with Crippen LogP contribution in [0.5, 0.6) is 5.75 Å². The number of hydrogen-bond acceptors (Lipinski definition) is 4. The van der Waals surface area contributed by atoms with Crippen LogP contribution in [-0.2, 0) is 13.2 Å². The first-order valence-electron chi connectivity index (χ1n) is 10.8. The molecule has 0 fully saturated rings. The third kappa shape index (κ3) is 4.35. The third-order valence-corrected chi connectivity index (χ3v) is 5.86. The smallest absolute Gasteiger partial charge is 0.121 e. The van der Waals surface area contributed by atoms with E-state index in [4.69, 9.17) is 4.74 Å². The van der Waals surface area contributed by atoms with E-state index in [0.29, 0.717) is 6.61 Å². The van der Waals surface area contributed by atoms with Crippen LogP contribution >= 0.6 is 0 Å². The first-order chi connectivity index (χ1) is 15.3. The second kappa shape index (κ2) is 8.70. The molecule has 2 heterocycles. The minimum absolute atomic E-state index is 0.557. The maximum Gasteiger partial charge on any atom is 0.121 e. The molecule has 2 aliphatic rings. The molecule has 0 saturated heterocycles. The van der Waals surface area contributed by atoms with Crippen LogP contribution in [-0.4, -0.2) is 18.0 Å². The SMILES string of the molecule is C=C1C2=C(CN(Cc3ccccc3)CC2)NN1c1cccc(OCc2ccccc2)c1. The van der Waals surface area contributed by atoms with Crippen LogP contribution < -0.4 is 15.2 Å². The van der Waals surface area contributed by atoms with Gasteiger partial charge >= 0.3 is 0 Å². The number of hydrogen-bond donors (Lipinski definition) is 1. The van der Waals surface area contributed by atoms with Crippen molar-refractivity contribution < 1.29 is 4.74 Å². The van der Waals surface area contributed by atoms with Crippen molar-refractivity contribution >= 4 is 5.69 Å². The number of benzene rings is 3. The van der Waals surface area contributed by atoms with Crippen LogP contribution in [0.15, 0.2) is 108 Å². The molecule has 4 nitrogen and oxygen atoms in total. The average molecular weight is 410 g/mol. The highest BCUT2D eigenvalue weighted by atomic mass is 16.5. The summed E-state index contributed by atoms with van der Waals surface area (Å²) in [6, 6.07) is 29.1. The Morgan fingerprint density at radius 2 is 1.61 bits per heavy atom. The van der Waals surface area contributed by atoms with Gasteiger partial charge in [-0.1, -0.05) is 73.3 Å². The van der Waals surface area contributed by atoms with E-state index in [2.05, 4.69) is 76.5 Å². The van der Waals surface area contributed by atoms with Crippen LogP contribution in [0.4, 0.5) is 5.69 Å². The van der Waals surface area contributed by atoms with Gasteiger partial charge in [-0.15, -0.1) is 0 Å². The summed E-state index contributed by atoms with van der Waals surface area (Å²) in [7, 11) is 0. The standard InChI is InChI=1S/C27H27N3O/c1-21-26-15-16-29(18-22-9-4-2-5-10-22)19-27(26)28-30(21)24-13-8-14-25(17-24)31-20-23-11-6-3-7-12-23/h2-14,17,28H,1,15-16,18-20H2. The molecule has 156 valence electrons. The minimum Gasteiger partial charge on any atom is -0.489 e. The van der Waals surface area contributed by atoms with E-state index in [9.17, 15) is 0 Å². The van der Waals surface area contributed by atoms with E-state index in [1.807, 2.05) is 30.3 Å². The summed E-state index contributed by atoms with van der Waals surface area (Å²) in [6.45, 7) is 7.85. The molecule has 0 aliphatic carbocycles. The molecule has 5 rings (SSSR count). The number of nitrogens with zero attached hydrogens (tertiary/aromatic N) is 2. The zero-order valence-corrected chi connectivity index (χ0v) is 17.6. The number of ether oxygens (including phenoxy) is 1. The molecule has 0 bridgehead atoms. The molecule has 0 spiro atoms. The van der Waals surface area contributed by atoms with E-state index in [-0.39, 0.29) is 0 Å². The Morgan fingerprint density at radius 3 is 2.39 bits per heavy atom. The van der Waals surface area contributed by atoms with Gasteiger partial charge in [0.25, 0.3) is 0 Å². The van der Waals surface area contributed by atoms with Crippen molar-refractivity contribution in [2.75, 3.05) is 18.1 Å². The molecule has 3 aromatic rings. The highest BCUT2D eigenvalue weighted by Gasteiger charge is 2.30. The topological polar surface area (TPSA) is 27.7 Å². The second-order valence-corrected chi connectivity index (χ2v) is 8.07. The monoisotopic (exact) mass is 409 g/mol. The molecule has 4 heteroatoms. The molecule has 0 amide bonds. The lowest BCUT2D eigenvalue weighted by Crippen LogP contribution is -2.36. The Bertz CT molecular complexity index is 1090. The largest absolute Gasteiger partial charge is 0.489 e. The second-order valence-electron chi connectivity index (χ2n) is 8.07. The summed E-state index contributed by atoms with van der Waals surface area (Å²) in [4.78, 5) is 2.48. The van der Waals surface area contributed by atoms with Gasteiger partial charge in [0.15, 0.2) is 0 Å². The molecule has 0 radical (unpaired) electrons. The van der Waals surface area contributed by atoms with Crippen LogP contribution in [0.2, 0.25) is 0 Å². The van der Waals surface area contributed by atoms with Crippen LogP contribution in [0.25, 0.3) is 0 Å². The number of rotatable bonds is 6. The zero-order chi connectivity index (χ0) is 21.0. The number of hydrazine groups is 1. The normalized spacial score (nSPS) is 16.3. The van der Waals surface area contributed by atoms with E-state index in [1.165, 1.54) is 16.8 Å². The fraction of sp³-hybridized carbons (Fsp3) is 0.185. The Labute approximate surface area is 184 Å². The molecular formula is C27H27N3O. The van der Waals surface area contributed by atoms with Gasteiger partial charge in [0.1, 0.15) is 12.4 Å². The predicted molar refractivity (Wildman–Crippen MR) is 125 cm³/mol. The van der Waals surface area contributed by atoms with Crippen molar-refractivity contribution in [1.29, 1.82) is 0 Å². The van der Waals surface area contributed by atoms with E-state index in [0.717, 1.165) is 48.8 Å². The summed E-state index contributed by atoms with van der Waals surface area (Å²) in [5.41, 5.74) is 10.8. The maximum absolute atomic E-state index is 6.02. The van der Waals surface area contributed by atoms with Crippen molar-refractivity contribution in [2.24, 2.45) is 0 Å². The van der Waals surface area contributed by atoms with E-state index in [1.54, 1.807) is 0 Å². The Morgan fingerprint density at radius 1 is 0.871 bits per heavy atom. The summed E-state index contributed by atoms with van der Waals surface area (Å²) in [5.74, 6) is 0.853. The van der Waals surface area contributed by atoms with Crippen LogP contribution in [0.3, 0.4) is 0 Å². The lowest BCUT2D eigenvalue weighted by Gasteiger charge is -2.27. The molecular weight excluding hydrogens is 382 g/mol. The van der Waals surface area contributed by atoms with Gasteiger partial charge in [0.05, 0.1) is 17.1 Å². The van der Waals surface area contributed by atoms with Gasteiger partial charge in [0.2, 0.25) is 0 Å². The third-order valence-electron chi connectivity index (χ3n) is 5.86. The summed E-state index contributed by atoms with van der Waals surface area (Å²) >= 11 is 0. The summed E-state index contributed by atoms with van der Waals surface area (Å²) in [5, 5.41) is 2.09. The van der Waals surface area contributed by atoms with Crippen molar-refractivity contribution in [3.63, 3.8) is 0 Å². The minimum atomic E-state index is 0.557. The average Bonchev–Trinajstić information content (AvgIpc) is 3.15. The van der Waals surface area contributed by atoms with Gasteiger partial charge in [-0.05, 0) is 29.7 Å². The number of allylic oxidation sites excluding steroid dienone is 1. The highest BCUT2D eigenvalue weighted by molar-refractivity contribution is 5.62. The summed E-state index contributed by atoms with van der Waals surface area (Å²) < 4.78 is 6.02. The quantitative estimate of drug-likeness (QED) is 0.601. The highest BCUT2D eigenvalue weighted by Crippen LogP contribution is 2.35. The van der Waals surface area contributed by atoms with Crippen molar-refractivity contribution in [3.8, 4) is 5.75 Å². The Hall–Kier alpha value is -3.50. The number of anilines is 1. The lowest BCUT2D eigenvalue weighted by atomic mass is 10.0. The Balaban J connectivity index is 1.25. The van der Waals surface area contributed by atoms with Crippen LogP contribution in [0.1, 0.15) is 17.5 Å². The fourth-order valence-corrected chi connectivity index (χ4v) is 4.23. The predicted octanol–water partition coefficient (Wildman–Crippen LogP) is 5.26. The molecule has 0 saturated carbocycles. The number of nitrogens with one attached hydrogen (secondary N) is 1. The van der Waals surface area contributed by atoms with E-state index >= 15 is 0 Å². The van der Waals surface area contributed by atoms with Gasteiger partial charge in [-0.2, -0.15) is 0 Å². The van der Waals surface area contributed by atoms with Crippen molar-refractivity contribution in [1.82, 2.24) is 10.3 Å². The lowest BCUT2D eigenvalue weighted by molar-refractivity contribution is 0.275. The van der Waals surface area contributed by atoms with Crippen molar-refractivity contribution in [2.45, 2.75) is 19.6 Å². The van der Waals surface area contributed by atoms with Gasteiger partial charge < -0.3 is 4.74 Å². The first kappa shape index (κ1) is 19.5. The molecule has 0 atom stereocenters. The molecule has 31 heavy (non-hydrogen) atoms. The molecule has 0 unspecified atom stereocenters. The van der Waals surface area contributed by atoms with Gasteiger partial charge in [-0.25, -0.2) is 0 Å². The molecule has 3 aromatic carbocycles. The van der Waals surface area contributed by atoms with Gasteiger partial charge in [0, 0.05) is 31.3 Å². The molecule has 1 N–H and O–H groups in total. The molecule has 0 aromatic heterocycles. The maximum atomic E-state index is 6.02. The van der Waals surface area contributed by atoms with E-state index < -0.39 is 0 Å².